The van der Waals surface area contributed by atoms with Crippen LogP contribution in [0.25, 0.3) is 5.69 Å². The number of para-hydroxylation sites is 1. The van der Waals surface area contributed by atoms with Crippen molar-refractivity contribution in [2.24, 2.45) is 0 Å². The molecule has 0 fully saturated rings. The number of aromatic nitrogens is 2. The van der Waals surface area contributed by atoms with Gasteiger partial charge in [-0.05, 0) is 28.1 Å². The van der Waals surface area contributed by atoms with Crippen LogP contribution in [0.3, 0.4) is 0 Å². The molecule has 72 valence electrons. The third kappa shape index (κ3) is 1.43. The number of hydrogen-bond donors (Lipinski definition) is 0. The summed E-state index contributed by atoms with van der Waals surface area (Å²) >= 11 is 3.09. The Bertz CT molecular complexity index is 447. The fourth-order valence-electron chi connectivity index (χ4n) is 1.17. The predicted molar refractivity (Wildman–Crippen MR) is 51.2 cm³/mol. The molecule has 0 bridgehead atoms. The van der Waals surface area contributed by atoms with E-state index in [-0.39, 0.29) is 5.69 Å². The molecule has 0 radical (unpaired) electrons. The summed E-state index contributed by atoms with van der Waals surface area (Å²) in [4.78, 5) is 3.82. The molecule has 0 atom stereocenters. The first-order valence-corrected chi connectivity index (χ1v) is 4.62. The third-order valence-electron chi connectivity index (χ3n) is 1.77. The van der Waals surface area contributed by atoms with E-state index in [1.165, 1.54) is 35.2 Å². The summed E-state index contributed by atoms with van der Waals surface area (Å²) in [7, 11) is 0. The third-order valence-corrected chi connectivity index (χ3v) is 2.36. The van der Waals surface area contributed by atoms with Gasteiger partial charge in [0, 0.05) is 12.4 Å². The molecule has 0 amide bonds. The van der Waals surface area contributed by atoms with Gasteiger partial charge in [0.2, 0.25) is 0 Å². The van der Waals surface area contributed by atoms with Crippen LogP contribution < -0.4 is 0 Å². The highest BCUT2D eigenvalue weighted by Crippen LogP contribution is 2.20. The molecule has 1 aromatic heterocycles. The highest BCUT2D eigenvalue weighted by molar-refractivity contribution is 9.10. The second-order valence-corrected chi connectivity index (χ2v) is 3.35. The molecule has 0 unspecified atom stereocenters. The lowest BCUT2D eigenvalue weighted by Gasteiger charge is -2.05. The number of nitrogens with zero attached hydrogens (tertiary/aromatic N) is 2. The van der Waals surface area contributed by atoms with Gasteiger partial charge in [-0.3, -0.25) is 4.57 Å². The van der Waals surface area contributed by atoms with Gasteiger partial charge in [-0.2, -0.15) is 0 Å². The van der Waals surface area contributed by atoms with Gasteiger partial charge in [0.05, 0.1) is 0 Å². The highest BCUT2D eigenvalue weighted by atomic mass is 79.9. The largest absolute Gasteiger partial charge is 0.289 e. The Balaban J connectivity index is 2.68. The first-order chi connectivity index (χ1) is 6.70. The molecule has 1 heterocycles. The quantitative estimate of drug-likeness (QED) is 0.769. The number of benzene rings is 1. The summed E-state index contributed by atoms with van der Waals surface area (Å²) in [5.41, 5.74) is -0.128. The minimum atomic E-state index is -0.622. The maximum atomic E-state index is 13.3. The van der Waals surface area contributed by atoms with Crippen molar-refractivity contribution < 1.29 is 8.78 Å². The van der Waals surface area contributed by atoms with Crippen molar-refractivity contribution in [3.63, 3.8) is 0 Å². The lowest BCUT2D eigenvalue weighted by Crippen LogP contribution is -2.00. The van der Waals surface area contributed by atoms with Crippen LogP contribution in [0.15, 0.2) is 35.3 Å². The zero-order valence-corrected chi connectivity index (χ0v) is 8.50. The maximum Gasteiger partial charge on any atom is 0.181 e. The van der Waals surface area contributed by atoms with Gasteiger partial charge < -0.3 is 0 Å². The van der Waals surface area contributed by atoms with Gasteiger partial charge in [0.15, 0.2) is 4.73 Å². The normalized spacial score (nSPS) is 10.5. The van der Waals surface area contributed by atoms with E-state index in [0.29, 0.717) is 4.73 Å². The second kappa shape index (κ2) is 3.49. The summed E-state index contributed by atoms with van der Waals surface area (Å²) in [6, 6.07) is 3.72. The number of imidazole rings is 1. The van der Waals surface area contributed by atoms with Gasteiger partial charge in [0.1, 0.15) is 17.3 Å². The van der Waals surface area contributed by atoms with E-state index in [2.05, 4.69) is 20.9 Å². The summed E-state index contributed by atoms with van der Waals surface area (Å²) in [5.74, 6) is -1.24. The van der Waals surface area contributed by atoms with Crippen LogP contribution in [0.1, 0.15) is 0 Å². The van der Waals surface area contributed by atoms with Crippen LogP contribution >= 0.6 is 15.9 Å². The molecule has 14 heavy (non-hydrogen) atoms. The van der Waals surface area contributed by atoms with Crippen molar-refractivity contribution >= 4 is 15.9 Å². The topological polar surface area (TPSA) is 17.8 Å². The van der Waals surface area contributed by atoms with Crippen molar-refractivity contribution in [1.82, 2.24) is 9.55 Å². The number of rotatable bonds is 1. The van der Waals surface area contributed by atoms with E-state index >= 15 is 0 Å². The van der Waals surface area contributed by atoms with E-state index in [4.69, 9.17) is 0 Å². The van der Waals surface area contributed by atoms with E-state index in [1.807, 2.05) is 0 Å². The molecule has 1 aromatic carbocycles. The van der Waals surface area contributed by atoms with Crippen molar-refractivity contribution in [3.05, 3.63) is 47.0 Å². The molecule has 2 nitrogen and oxygen atoms in total. The zero-order valence-electron chi connectivity index (χ0n) is 6.92. The number of hydrogen-bond acceptors (Lipinski definition) is 1. The first-order valence-electron chi connectivity index (χ1n) is 3.83. The Morgan fingerprint density at radius 1 is 1.21 bits per heavy atom. The Kier molecular flexibility index (Phi) is 2.33. The van der Waals surface area contributed by atoms with Crippen LogP contribution in [0.2, 0.25) is 0 Å². The fourth-order valence-corrected chi connectivity index (χ4v) is 1.58. The molecule has 0 saturated carbocycles. The Labute approximate surface area is 87.3 Å². The predicted octanol–water partition coefficient (Wildman–Crippen LogP) is 2.91. The Morgan fingerprint density at radius 2 is 1.86 bits per heavy atom. The van der Waals surface area contributed by atoms with E-state index in [0.717, 1.165) is 0 Å². The Hall–Kier alpha value is -1.23. The van der Waals surface area contributed by atoms with Crippen LogP contribution in [0.5, 0.6) is 0 Å². The van der Waals surface area contributed by atoms with Crippen molar-refractivity contribution in [3.8, 4) is 5.69 Å². The van der Waals surface area contributed by atoms with Crippen molar-refractivity contribution in [2.45, 2.75) is 0 Å². The molecule has 5 heteroatoms. The van der Waals surface area contributed by atoms with Crippen LogP contribution in [-0.2, 0) is 0 Å². The lowest BCUT2D eigenvalue weighted by molar-refractivity contribution is 0.567. The minimum Gasteiger partial charge on any atom is -0.289 e. The van der Waals surface area contributed by atoms with E-state index in [9.17, 15) is 8.78 Å². The summed E-state index contributed by atoms with van der Waals surface area (Å²) in [5, 5.41) is 0. The van der Waals surface area contributed by atoms with E-state index in [1.54, 1.807) is 0 Å². The van der Waals surface area contributed by atoms with Gasteiger partial charge in [-0.25, -0.2) is 13.8 Å². The number of halogens is 3. The molecular weight excluding hydrogens is 254 g/mol. The smallest absolute Gasteiger partial charge is 0.181 e. The van der Waals surface area contributed by atoms with Gasteiger partial charge in [-0.15, -0.1) is 0 Å². The molecule has 0 aliphatic rings. The SMILES string of the molecule is Fc1cccc(F)c1-n1ccnc1Br. The summed E-state index contributed by atoms with van der Waals surface area (Å²) in [6.45, 7) is 0. The van der Waals surface area contributed by atoms with Crippen LogP contribution in [-0.4, -0.2) is 9.55 Å². The van der Waals surface area contributed by atoms with Crippen LogP contribution in [0, 0.1) is 11.6 Å². The highest BCUT2D eigenvalue weighted by Gasteiger charge is 2.12. The van der Waals surface area contributed by atoms with E-state index < -0.39 is 11.6 Å². The second-order valence-electron chi connectivity index (χ2n) is 2.64. The van der Waals surface area contributed by atoms with Gasteiger partial charge in [0.25, 0.3) is 0 Å². The van der Waals surface area contributed by atoms with Crippen molar-refractivity contribution in [1.29, 1.82) is 0 Å². The van der Waals surface area contributed by atoms with Gasteiger partial charge in [-0.1, -0.05) is 6.07 Å². The summed E-state index contributed by atoms with van der Waals surface area (Å²) in [6.07, 6.45) is 2.93. The molecule has 0 N–H and O–H groups in total. The molecule has 2 aromatic rings. The van der Waals surface area contributed by atoms with Crippen LogP contribution in [0.4, 0.5) is 8.78 Å². The first kappa shape index (κ1) is 9.33. The average Bonchev–Trinajstić information content (AvgIpc) is 2.52. The zero-order chi connectivity index (χ0) is 10.1. The lowest BCUT2D eigenvalue weighted by atomic mass is 10.3. The molecule has 0 aliphatic heterocycles. The minimum absolute atomic E-state index is 0.128. The van der Waals surface area contributed by atoms with Gasteiger partial charge >= 0.3 is 0 Å². The maximum absolute atomic E-state index is 13.3. The summed E-state index contributed by atoms with van der Waals surface area (Å²) < 4.78 is 28.2. The molecule has 0 spiro atoms. The standard InChI is InChI=1S/C9H5BrF2N2/c10-9-13-4-5-14(9)8-6(11)2-1-3-7(8)12/h1-5H. The van der Waals surface area contributed by atoms with Crippen molar-refractivity contribution in [2.75, 3.05) is 0 Å². The molecule has 0 saturated heterocycles. The molecule has 2 rings (SSSR count). The monoisotopic (exact) mass is 258 g/mol. The molecule has 0 aliphatic carbocycles. The average molecular weight is 259 g/mol. The Morgan fingerprint density at radius 3 is 2.36 bits per heavy atom. The molecular formula is C9H5BrF2N2. The fraction of sp³-hybridized carbons (Fsp3) is 0.